The average molecular weight is 342 g/mol. The predicted octanol–water partition coefficient (Wildman–Crippen LogP) is 2.84. The van der Waals surface area contributed by atoms with Gasteiger partial charge in [0.05, 0.1) is 27.0 Å². The number of H-pyrrole nitrogens is 1. The number of ether oxygens (including phenoxy) is 3. The molecular weight excluding hydrogens is 320 g/mol. The van der Waals surface area contributed by atoms with Crippen LogP contribution in [0.2, 0.25) is 0 Å². The molecule has 0 saturated heterocycles. The van der Waals surface area contributed by atoms with Gasteiger partial charge in [0.2, 0.25) is 5.75 Å². The lowest BCUT2D eigenvalue weighted by atomic mass is 9.97. The number of nitrogens with zero attached hydrogens (tertiary/aromatic N) is 1. The van der Waals surface area contributed by atoms with Crippen LogP contribution in [0.4, 0.5) is 0 Å². The van der Waals surface area contributed by atoms with Gasteiger partial charge in [0.15, 0.2) is 11.5 Å². The van der Waals surface area contributed by atoms with E-state index in [0.29, 0.717) is 23.1 Å². The van der Waals surface area contributed by atoms with Crippen LogP contribution in [-0.2, 0) is 12.8 Å². The number of hydrogen-bond acceptors (Lipinski definition) is 5. The van der Waals surface area contributed by atoms with Crippen molar-refractivity contribution in [3.8, 4) is 17.2 Å². The van der Waals surface area contributed by atoms with Crippen LogP contribution in [-0.4, -0.2) is 31.3 Å². The smallest absolute Gasteiger partial charge is 0.254 e. The van der Waals surface area contributed by atoms with Crippen LogP contribution in [0.25, 0.3) is 12.2 Å². The van der Waals surface area contributed by atoms with Crippen LogP contribution in [0, 0.1) is 0 Å². The van der Waals surface area contributed by atoms with Crippen molar-refractivity contribution in [1.29, 1.82) is 0 Å². The Balaban J connectivity index is 1.94. The van der Waals surface area contributed by atoms with Gasteiger partial charge >= 0.3 is 0 Å². The van der Waals surface area contributed by atoms with Gasteiger partial charge in [-0.1, -0.05) is 6.08 Å². The Morgan fingerprint density at radius 1 is 1.00 bits per heavy atom. The third-order valence-corrected chi connectivity index (χ3v) is 4.33. The predicted molar refractivity (Wildman–Crippen MR) is 96.5 cm³/mol. The lowest BCUT2D eigenvalue weighted by Crippen LogP contribution is -2.21. The molecule has 0 unspecified atom stereocenters. The molecule has 0 spiro atoms. The average Bonchev–Trinajstić information content (AvgIpc) is 2.65. The van der Waals surface area contributed by atoms with Crippen molar-refractivity contribution in [1.82, 2.24) is 9.97 Å². The minimum Gasteiger partial charge on any atom is -0.493 e. The molecule has 25 heavy (non-hydrogen) atoms. The van der Waals surface area contributed by atoms with E-state index < -0.39 is 0 Å². The zero-order chi connectivity index (χ0) is 17.8. The topological polar surface area (TPSA) is 73.4 Å². The summed E-state index contributed by atoms with van der Waals surface area (Å²) in [4.78, 5) is 19.6. The molecule has 1 heterocycles. The monoisotopic (exact) mass is 342 g/mol. The van der Waals surface area contributed by atoms with Crippen LogP contribution < -0.4 is 19.8 Å². The Kier molecular flexibility index (Phi) is 5.07. The number of hydrogen-bond donors (Lipinski definition) is 1. The molecule has 132 valence electrons. The number of benzene rings is 1. The fourth-order valence-corrected chi connectivity index (χ4v) is 3.07. The number of aromatic nitrogens is 2. The van der Waals surface area contributed by atoms with Crippen molar-refractivity contribution in [3.05, 3.63) is 45.1 Å². The van der Waals surface area contributed by atoms with E-state index in [9.17, 15) is 4.79 Å². The Labute approximate surface area is 146 Å². The Morgan fingerprint density at radius 3 is 2.32 bits per heavy atom. The summed E-state index contributed by atoms with van der Waals surface area (Å²) in [6, 6.07) is 3.68. The van der Waals surface area contributed by atoms with Gasteiger partial charge in [-0.2, -0.15) is 0 Å². The summed E-state index contributed by atoms with van der Waals surface area (Å²) < 4.78 is 16.0. The van der Waals surface area contributed by atoms with Gasteiger partial charge in [-0.15, -0.1) is 0 Å². The second-order valence-corrected chi connectivity index (χ2v) is 5.88. The summed E-state index contributed by atoms with van der Waals surface area (Å²) in [6.45, 7) is 0. The van der Waals surface area contributed by atoms with E-state index in [1.54, 1.807) is 27.4 Å². The number of aromatic amines is 1. The summed E-state index contributed by atoms with van der Waals surface area (Å²) in [6.07, 6.45) is 7.46. The molecule has 0 radical (unpaired) electrons. The molecule has 3 rings (SSSR count). The molecule has 1 aromatic carbocycles. The molecule has 1 aromatic heterocycles. The normalized spacial score (nSPS) is 13.6. The quantitative estimate of drug-likeness (QED) is 0.904. The van der Waals surface area contributed by atoms with Crippen molar-refractivity contribution in [3.63, 3.8) is 0 Å². The van der Waals surface area contributed by atoms with Crippen molar-refractivity contribution in [2.75, 3.05) is 21.3 Å². The van der Waals surface area contributed by atoms with Gasteiger partial charge < -0.3 is 19.2 Å². The number of methoxy groups -OCH3 is 3. The molecule has 0 bridgehead atoms. The molecule has 1 aliphatic carbocycles. The summed E-state index contributed by atoms with van der Waals surface area (Å²) in [7, 11) is 4.72. The fraction of sp³-hybridized carbons (Fsp3) is 0.368. The molecule has 6 nitrogen and oxygen atoms in total. The first-order valence-electron chi connectivity index (χ1n) is 8.26. The van der Waals surface area contributed by atoms with Crippen molar-refractivity contribution in [2.45, 2.75) is 25.7 Å². The molecule has 1 N–H and O–H groups in total. The van der Waals surface area contributed by atoms with E-state index in [0.717, 1.165) is 42.5 Å². The molecule has 1 aliphatic rings. The molecule has 0 aliphatic heterocycles. The highest BCUT2D eigenvalue weighted by Crippen LogP contribution is 2.38. The number of aryl methyl sites for hydroxylation is 1. The van der Waals surface area contributed by atoms with Crippen LogP contribution in [0.5, 0.6) is 17.2 Å². The third-order valence-electron chi connectivity index (χ3n) is 4.33. The highest BCUT2D eigenvalue weighted by atomic mass is 16.5. The first-order valence-corrected chi connectivity index (χ1v) is 8.26. The molecule has 2 aromatic rings. The standard InChI is InChI=1S/C19H22N2O4/c1-23-15-10-12(11-16(24-2)18(15)25-3)8-9-17-20-14-7-5-4-6-13(14)19(22)21-17/h8-11H,4-7H2,1-3H3,(H,20,21,22)/b9-8+. The van der Waals surface area contributed by atoms with E-state index in [2.05, 4.69) is 9.97 Å². The van der Waals surface area contributed by atoms with E-state index in [-0.39, 0.29) is 5.56 Å². The lowest BCUT2D eigenvalue weighted by molar-refractivity contribution is 0.324. The number of rotatable bonds is 5. The van der Waals surface area contributed by atoms with E-state index >= 15 is 0 Å². The lowest BCUT2D eigenvalue weighted by Gasteiger charge is -2.14. The SMILES string of the molecule is COc1cc(/C=C/c2nc3c(c(=O)[nH]2)CCCC3)cc(OC)c1OC. The van der Waals surface area contributed by atoms with Crippen LogP contribution in [0.1, 0.15) is 35.5 Å². The highest BCUT2D eigenvalue weighted by molar-refractivity contribution is 5.70. The maximum absolute atomic E-state index is 12.2. The van der Waals surface area contributed by atoms with Gasteiger partial charge in [-0.05, 0) is 49.5 Å². The highest BCUT2D eigenvalue weighted by Gasteiger charge is 2.15. The zero-order valence-corrected chi connectivity index (χ0v) is 14.7. The van der Waals surface area contributed by atoms with Crippen LogP contribution in [0.3, 0.4) is 0 Å². The minimum atomic E-state index is -0.0331. The summed E-state index contributed by atoms with van der Waals surface area (Å²) in [5, 5.41) is 0. The van der Waals surface area contributed by atoms with E-state index in [4.69, 9.17) is 14.2 Å². The van der Waals surface area contributed by atoms with Gasteiger partial charge in [0.25, 0.3) is 5.56 Å². The number of fused-ring (bicyclic) bond motifs is 1. The Morgan fingerprint density at radius 2 is 1.68 bits per heavy atom. The van der Waals surface area contributed by atoms with Gasteiger partial charge in [0.1, 0.15) is 5.82 Å². The number of nitrogens with one attached hydrogen (secondary N) is 1. The second kappa shape index (κ2) is 7.42. The first kappa shape index (κ1) is 17.1. The summed E-state index contributed by atoms with van der Waals surface area (Å²) in [5.41, 5.74) is 2.57. The largest absolute Gasteiger partial charge is 0.493 e. The second-order valence-electron chi connectivity index (χ2n) is 5.88. The molecule has 0 atom stereocenters. The maximum atomic E-state index is 12.2. The van der Waals surface area contributed by atoms with Gasteiger partial charge in [-0.3, -0.25) is 4.79 Å². The molecule has 0 fully saturated rings. The van der Waals surface area contributed by atoms with Gasteiger partial charge in [0, 0.05) is 5.56 Å². The van der Waals surface area contributed by atoms with Crippen molar-refractivity contribution >= 4 is 12.2 Å². The fourth-order valence-electron chi connectivity index (χ4n) is 3.07. The maximum Gasteiger partial charge on any atom is 0.254 e. The minimum absolute atomic E-state index is 0.0331. The molecular formula is C19H22N2O4. The first-order chi connectivity index (χ1) is 12.2. The van der Waals surface area contributed by atoms with Crippen LogP contribution >= 0.6 is 0 Å². The zero-order valence-electron chi connectivity index (χ0n) is 14.7. The van der Waals surface area contributed by atoms with E-state index in [1.165, 1.54) is 0 Å². The molecule has 0 saturated carbocycles. The third kappa shape index (κ3) is 3.52. The Hall–Kier alpha value is -2.76. The summed E-state index contributed by atoms with van der Waals surface area (Å²) in [5.74, 6) is 2.25. The van der Waals surface area contributed by atoms with Crippen molar-refractivity contribution < 1.29 is 14.2 Å². The summed E-state index contributed by atoms with van der Waals surface area (Å²) >= 11 is 0. The van der Waals surface area contributed by atoms with Crippen LogP contribution in [0.15, 0.2) is 16.9 Å². The molecule has 0 amide bonds. The van der Waals surface area contributed by atoms with Gasteiger partial charge in [-0.25, -0.2) is 4.98 Å². The van der Waals surface area contributed by atoms with E-state index in [1.807, 2.05) is 18.2 Å². The van der Waals surface area contributed by atoms with Crippen molar-refractivity contribution in [2.24, 2.45) is 0 Å². The Bertz CT molecular complexity index is 830. The molecule has 6 heteroatoms.